The zero-order valence-corrected chi connectivity index (χ0v) is 11.0. The van der Waals surface area contributed by atoms with E-state index in [1.54, 1.807) is 0 Å². The topological polar surface area (TPSA) is 9.23 Å². The lowest BCUT2D eigenvalue weighted by molar-refractivity contribution is 0.207. The van der Waals surface area contributed by atoms with Crippen LogP contribution in [0.25, 0.3) is 0 Å². The number of hydrogen-bond acceptors (Lipinski definition) is 2. The van der Waals surface area contributed by atoms with Gasteiger partial charge in [0.1, 0.15) is 11.9 Å². The molecular weight excluding hydrogens is 240 g/mol. The second-order valence-corrected chi connectivity index (χ2v) is 5.14. The zero-order valence-electron chi connectivity index (χ0n) is 10.2. The molecule has 3 rings (SSSR count). The van der Waals surface area contributed by atoms with Crippen molar-refractivity contribution >= 4 is 17.1 Å². The first-order valence-electron chi connectivity index (χ1n) is 6.09. The lowest BCUT2D eigenvalue weighted by Crippen LogP contribution is -2.19. The number of aryl methyl sites for hydroxylation is 1. The van der Waals surface area contributed by atoms with Gasteiger partial charge < -0.3 is 4.74 Å². The largest absolute Gasteiger partial charge is 0.485 e. The molecule has 0 N–H and O–H groups in total. The number of ether oxygens (including phenoxy) is 1. The Morgan fingerprint density at radius 1 is 1.11 bits per heavy atom. The van der Waals surface area contributed by atoms with E-state index in [9.17, 15) is 0 Å². The zero-order chi connectivity index (χ0) is 12.5. The van der Waals surface area contributed by atoms with Crippen molar-refractivity contribution in [2.75, 3.05) is 0 Å². The number of benzene rings is 2. The number of thiocarbonyl (C=S) groups is 1. The van der Waals surface area contributed by atoms with E-state index in [0.717, 1.165) is 22.6 Å². The molecule has 2 heteroatoms. The van der Waals surface area contributed by atoms with Gasteiger partial charge in [0.05, 0.1) is 0 Å². The number of rotatable bonds is 1. The predicted octanol–water partition coefficient (Wildman–Crippen LogP) is 4.24. The van der Waals surface area contributed by atoms with E-state index in [0.29, 0.717) is 0 Å². The van der Waals surface area contributed by atoms with Crippen molar-refractivity contribution in [2.24, 2.45) is 0 Å². The van der Waals surface area contributed by atoms with Gasteiger partial charge in [-0.25, -0.2) is 0 Å². The Kier molecular flexibility index (Phi) is 2.88. The van der Waals surface area contributed by atoms with Gasteiger partial charge in [0.15, 0.2) is 0 Å². The molecule has 0 aromatic heterocycles. The molecule has 0 saturated heterocycles. The van der Waals surface area contributed by atoms with Gasteiger partial charge in [0.2, 0.25) is 0 Å². The molecule has 0 fully saturated rings. The van der Waals surface area contributed by atoms with Gasteiger partial charge >= 0.3 is 0 Å². The highest BCUT2D eigenvalue weighted by atomic mass is 32.1. The van der Waals surface area contributed by atoms with Crippen molar-refractivity contribution < 1.29 is 4.74 Å². The van der Waals surface area contributed by atoms with E-state index in [1.807, 2.05) is 24.3 Å². The molecule has 90 valence electrons. The van der Waals surface area contributed by atoms with Gasteiger partial charge in [0.25, 0.3) is 0 Å². The molecule has 0 bridgehead atoms. The van der Waals surface area contributed by atoms with Gasteiger partial charge in [-0.1, -0.05) is 54.2 Å². The summed E-state index contributed by atoms with van der Waals surface area (Å²) in [5, 5.41) is 0. The summed E-state index contributed by atoms with van der Waals surface area (Å²) in [6.45, 7) is 2.08. The molecule has 1 nitrogen and oxygen atoms in total. The van der Waals surface area contributed by atoms with Crippen LogP contribution in [0.3, 0.4) is 0 Å². The Morgan fingerprint density at radius 2 is 1.89 bits per heavy atom. The lowest BCUT2D eigenvalue weighted by Gasteiger charge is -2.27. The summed E-state index contributed by atoms with van der Waals surface area (Å²) >= 11 is 5.52. The van der Waals surface area contributed by atoms with Crippen LogP contribution in [0.2, 0.25) is 0 Å². The van der Waals surface area contributed by atoms with Crippen LogP contribution in [0.1, 0.15) is 29.2 Å². The SMILES string of the molecule is Cc1ccc2c(c1)C(=S)CC(c1ccccc1)O2. The summed E-state index contributed by atoms with van der Waals surface area (Å²) in [5.41, 5.74) is 3.49. The third kappa shape index (κ3) is 2.04. The Hall–Kier alpha value is -1.67. The first-order chi connectivity index (χ1) is 8.74. The van der Waals surface area contributed by atoms with E-state index >= 15 is 0 Å². The molecule has 1 unspecified atom stereocenters. The Morgan fingerprint density at radius 3 is 2.67 bits per heavy atom. The van der Waals surface area contributed by atoms with E-state index < -0.39 is 0 Å². The minimum Gasteiger partial charge on any atom is -0.485 e. The second-order valence-electron chi connectivity index (χ2n) is 4.64. The van der Waals surface area contributed by atoms with Crippen LogP contribution < -0.4 is 4.74 Å². The van der Waals surface area contributed by atoms with Crippen LogP contribution in [-0.4, -0.2) is 4.86 Å². The smallest absolute Gasteiger partial charge is 0.129 e. The maximum absolute atomic E-state index is 6.06. The minimum atomic E-state index is 0.0499. The predicted molar refractivity (Wildman–Crippen MR) is 77.3 cm³/mol. The Balaban J connectivity index is 1.97. The lowest BCUT2D eigenvalue weighted by atomic mass is 9.96. The first kappa shape index (κ1) is 11.4. The first-order valence-corrected chi connectivity index (χ1v) is 6.50. The van der Waals surface area contributed by atoms with Crippen LogP contribution in [0.4, 0.5) is 0 Å². The fourth-order valence-electron chi connectivity index (χ4n) is 2.29. The van der Waals surface area contributed by atoms with E-state index in [-0.39, 0.29) is 6.10 Å². The summed E-state index contributed by atoms with van der Waals surface area (Å²) in [6, 6.07) is 16.5. The fourth-order valence-corrected chi connectivity index (χ4v) is 2.60. The molecule has 0 amide bonds. The quantitative estimate of drug-likeness (QED) is 0.704. The van der Waals surface area contributed by atoms with Gasteiger partial charge in [-0.15, -0.1) is 0 Å². The Labute approximate surface area is 112 Å². The molecule has 1 aliphatic rings. The highest BCUT2D eigenvalue weighted by Gasteiger charge is 2.24. The van der Waals surface area contributed by atoms with Crippen LogP contribution in [0.15, 0.2) is 48.5 Å². The minimum absolute atomic E-state index is 0.0499. The summed E-state index contributed by atoms with van der Waals surface area (Å²) in [6.07, 6.45) is 0.837. The molecule has 2 aromatic rings. The van der Waals surface area contributed by atoms with Crippen molar-refractivity contribution in [2.45, 2.75) is 19.4 Å². The van der Waals surface area contributed by atoms with E-state index in [1.165, 1.54) is 11.1 Å². The van der Waals surface area contributed by atoms with Crippen molar-refractivity contribution in [1.82, 2.24) is 0 Å². The molecule has 1 aliphatic heterocycles. The van der Waals surface area contributed by atoms with Crippen molar-refractivity contribution in [1.29, 1.82) is 0 Å². The molecule has 18 heavy (non-hydrogen) atoms. The van der Waals surface area contributed by atoms with Gasteiger partial charge in [-0.3, -0.25) is 0 Å². The summed E-state index contributed by atoms with van der Waals surface area (Å²) in [4.78, 5) is 0.994. The van der Waals surface area contributed by atoms with Crippen molar-refractivity contribution in [3.8, 4) is 5.75 Å². The van der Waals surface area contributed by atoms with E-state index in [2.05, 4.69) is 31.2 Å². The van der Waals surface area contributed by atoms with Crippen LogP contribution in [0, 0.1) is 6.92 Å². The summed E-state index contributed by atoms with van der Waals surface area (Å²) in [7, 11) is 0. The second kappa shape index (κ2) is 4.54. The molecule has 1 heterocycles. The van der Waals surface area contributed by atoms with Crippen molar-refractivity contribution in [3.63, 3.8) is 0 Å². The van der Waals surface area contributed by atoms with Crippen LogP contribution in [0.5, 0.6) is 5.75 Å². The van der Waals surface area contributed by atoms with Gasteiger partial charge in [0, 0.05) is 16.8 Å². The average Bonchev–Trinajstić information content (AvgIpc) is 2.40. The Bertz CT molecular complexity index is 589. The van der Waals surface area contributed by atoms with Crippen molar-refractivity contribution in [3.05, 3.63) is 65.2 Å². The maximum Gasteiger partial charge on any atom is 0.129 e. The summed E-state index contributed by atoms with van der Waals surface area (Å²) in [5.74, 6) is 0.908. The monoisotopic (exact) mass is 254 g/mol. The third-order valence-corrected chi connectivity index (χ3v) is 3.63. The van der Waals surface area contributed by atoms with Crippen LogP contribution in [-0.2, 0) is 0 Å². The maximum atomic E-state index is 6.06. The third-order valence-electron chi connectivity index (χ3n) is 3.25. The average molecular weight is 254 g/mol. The molecule has 2 aromatic carbocycles. The normalized spacial score (nSPS) is 18.1. The number of fused-ring (bicyclic) bond motifs is 1. The molecule has 0 radical (unpaired) electrons. The fraction of sp³-hybridized carbons (Fsp3) is 0.188. The molecule has 0 aliphatic carbocycles. The van der Waals surface area contributed by atoms with E-state index in [4.69, 9.17) is 17.0 Å². The highest BCUT2D eigenvalue weighted by molar-refractivity contribution is 7.80. The molecular formula is C16H14OS. The summed E-state index contributed by atoms with van der Waals surface area (Å²) < 4.78 is 6.06. The highest BCUT2D eigenvalue weighted by Crippen LogP contribution is 2.35. The van der Waals surface area contributed by atoms with Gasteiger partial charge in [-0.2, -0.15) is 0 Å². The standard InChI is InChI=1S/C16H14OS/c1-11-7-8-14-13(9-11)16(18)10-15(17-14)12-5-3-2-4-6-12/h2-9,15H,10H2,1H3. The van der Waals surface area contributed by atoms with Gasteiger partial charge in [-0.05, 0) is 24.6 Å². The van der Waals surface area contributed by atoms with Crippen LogP contribution >= 0.6 is 12.2 Å². The number of hydrogen-bond donors (Lipinski definition) is 0. The molecule has 0 spiro atoms. The molecule has 0 saturated carbocycles. The molecule has 1 atom stereocenters.